The van der Waals surface area contributed by atoms with Crippen molar-refractivity contribution in [3.05, 3.63) is 54.1 Å². The van der Waals surface area contributed by atoms with Gasteiger partial charge in [0.05, 0.1) is 5.52 Å². The van der Waals surface area contributed by atoms with E-state index in [2.05, 4.69) is 15.3 Å². The maximum Gasteiger partial charge on any atom is 0.248 e. The highest BCUT2D eigenvalue weighted by molar-refractivity contribution is 5.93. The highest BCUT2D eigenvalue weighted by atomic mass is 16.1. The molecule has 3 aromatic rings. The molecule has 6 nitrogen and oxygen atoms in total. The lowest BCUT2D eigenvalue weighted by Gasteiger charge is -2.15. The number of anilines is 3. The normalized spacial score (nSPS) is 10.5. The maximum absolute atomic E-state index is 11.1. The number of hydrogen-bond donors (Lipinski definition) is 2. The molecule has 0 atom stereocenters. The number of hydrogen-bond acceptors (Lipinski definition) is 5. The van der Waals surface area contributed by atoms with Crippen LogP contribution < -0.4 is 16.0 Å². The van der Waals surface area contributed by atoms with Gasteiger partial charge in [-0.1, -0.05) is 12.1 Å². The first-order valence-corrected chi connectivity index (χ1v) is 7.15. The Morgan fingerprint density at radius 3 is 2.39 bits per heavy atom. The molecule has 0 spiro atoms. The van der Waals surface area contributed by atoms with Gasteiger partial charge in [-0.05, 0) is 36.4 Å². The maximum atomic E-state index is 11.1. The first-order valence-electron chi connectivity index (χ1n) is 7.15. The van der Waals surface area contributed by atoms with Crippen molar-refractivity contribution < 1.29 is 4.79 Å². The minimum Gasteiger partial charge on any atom is -0.366 e. The van der Waals surface area contributed by atoms with E-state index >= 15 is 0 Å². The van der Waals surface area contributed by atoms with Crippen LogP contribution in [-0.4, -0.2) is 30.0 Å². The van der Waals surface area contributed by atoms with Gasteiger partial charge in [-0.3, -0.25) is 4.79 Å². The van der Waals surface area contributed by atoms with Gasteiger partial charge in [0, 0.05) is 30.7 Å². The zero-order valence-electron chi connectivity index (χ0n) is 12.9. The fourth-order valence-electron chi connectivity index (χ4n) is 2.30. The molecule has 0 saturated carbocycles. The highest BCUT2D eigenvalue weighted by Crippen LogP contribution is 2.25. The predicted octanol–water partition coefficient (Wildman–Crippen LogP) is 2.54. The van der Waals surface area contributed by atoms with Crippen LogP contribution in [0.3, 0.4) is 0 Å². The number of primary amides is 1. The molecule has 1 heterocycles. The summed E-state index contributed by atoms with van der Waals surface area (Å²) in [5.74, 6) is 0.888. The summed E-state index contributed by atoms with van der Waals surface area (Å²) in [4.78, 5) is 22.2. The molecule has 1 aromatic heterocycles. The predicted molar refractivity (Wildman–Crippen MR) is 92.1 cm³/mol. The molecule has 3 rings (SSSR count). The standard InChI is InChI=1S/C17H17N5O/c1-22(2)16-13-5-3-4-6-14(13)20-17(21-16)19-12-9-7-11(8-10-12)15(18)23/h3-10H,1-2H3,(H2,18,23)(H,19,20,21). The number of nitrogens with one attached hydrogen (secondary N) is 1. The van der Waals surface area contributed by atoms with Crippen LogP contribution >= 0.6 is 0 Å². The molecule has 0 aliphatic rings. The minimum atomic E-state index is -0.451. The zero-order valence-corrected chi connectivity index (χ0v) is 12.9. The molecule has 0 fully saturated rings. The molecule has 0 radical (unpaired) electrons. The number of rotatable bonds is 4. The summed E-state index contributed by atoms with van der Waals surface area (Å²) in [5.41, 5.74) is 7.35. The van der Waals surface area contributed by atoms with E-state index in [0.717, 1.165) is 22.4 Å². The molecule has 116 valence electrons. The molecule has 6 heteroatoms. The van der Waals surface area contributed by atoms with E-state index in [1.54, 1.807) is 24.3 Å². The van der Waals surface area contributed by atoms with Crippen molar-refractivity contribution in [1.82, 2.24) is 9.97 Å². The Bertz CT molecular complexity index is 858. The molecule has 0 bridgehead atoms. The van der Waals surface area contributed by atoms with Crippen molar-refractivity contribution in [2.45, 2.75) is 0 Å². The summed E-state index contributed by atoms with van der Waals surface area (Å²) in [6.07, 6.45) is 0. The third kappa shape index (κ3) is 3.06. The summed E-state index contributed by atoms with van der Waals surface area (Å²) in [6, 6.07) is 14.7. The van der Waals surface area contributed by atoms with Crippen LogP contribution in [0.15, 0.2) is 48.5 Å². The summed E-state index contributed by atoms with van der Waals surface area (Å²) < 4.78 is 0. The van der Waals surface area contributed by atoms with E-state index in [4.69, 9.17) is 5.73 Å². The second-order valence-electron chi connectivity index (χ2n) is 5.35. The molecule has 0 aliphatic heterocycles. The number of carbonyl (C=O) groups excluding carboxylic acids is 1. The molecule has 0 aliphatic carbocycles. The van der Waals surface area contributed by atoms with Gasteiger partial charge in [0.1, 0.15) is 5.82 Å². The van der Waals surface area contributed by atoms with Crippen molar-refractivity contribution in [2.75, 3.05) is 24.3 Å². The number of aromatic nitrogens is 2. The van der Waals surface area contributed by atoms with Crippen LogP contribution in [0.2, 0.25) is 0 Å². The van der Waals surface area contributed by atoms with Crippen LogP contribution in [-0.2, 0) is 0 Å². The molecular formula is C17H17N5O. The Labute approximate surface area is 134 Å². The van der Waals surface area contributed by atoms with E-state index in [9.17, 15) is 4.79 Å². The van der Waals surface area contributed by atoms with E-state index in [-0.39, 0.29) is 0 Å². The van der Waals surface area contributed by atoms with Crippen molar-refractivity contribution >= 4 is 34.3 Å². The van der Waals surface area contributed by atoms with Crippen LogP contribution in [0, 0.1) is 0 Å². The third-order valence-electron chi connectivity index (χ3n) is 3.43. The van der Waals surface area contributed by atoms with Crippen molar-refractivity contribution in [3.63, 3.8) is 0 Å². The van der Waals surface area contributed by atoms with Gasteiger partial charge in [0.2, 0.25) is 11.9 Å². The van der Waals surface area contributed by atoms with E-state index in [1.165, 1.54) is 0 Å². The summed E-state index contributed by atoms with van der Waals surface area (Å²) in [6.45, 7) is 0. The second kappa shape index (κ2) is 5.92. The van der Waals surface area contributed by atoms with Crippen molar-refractivity contribution in [3.8, 4) is 0 Å². The van der Waals surface area contributed by atoms with Gasteiger partial charge in [-0.2, -0.15) is 4.98 Å². The summed E-state index contributed by atoms with van der Waals surface area (Å²) in [5, 5.41) is 4.15. The summed E-state index contributed by atoms with van der Waals surface area (Å²) in [7, 11) is 3.89. The largest absolute Gasteiger partial charge is 0.366 e. The smallest absolute Gasteiger partial charge is 0.248 e. The van der Waals surface area contributed by atoms with Crippen LogP contribution in [0.25, 0.3) is 10.9 Å². The quantitative estimate of drug-likeness (QED) is 0.774. The number of benzene rings is 2. The number of nitrogens with two attached hydrogens (primary N) is 1. The Balaban J connectivity index is 1.98. The Morgan fingerprint density at radius 2 is 1.74 bits per heavy atom. The topological polar surface area (TPSA) is 84.1 Å². The van der Waals surface area contributed by atoms with Gasteiger partial charge in [0.25, 0.3) is 0 Å². The Morgan fingerprint density at radius 1 is 1.04 bits per heavy atom. The second-order valence-corrected chi connectivity index (χ2v) is 5.35. The average Bonchev–Trinajstić information content (AvgIpc) is 2.54. The van der Waals surface area contributed by atoms with Gasteiger partial charge in [0.15, 0.2) is 0 Å². The lowest BCUT2D eigenvalue weighted by Crippen LogP contribution is -2.13. The molecule has 2 aromatic carbocycles. The third-order valence-corrected chi connectivity index (χ3v) is 3.43. The summed E-state index contributed by atoms with van der Waals surface area (Å²) >= 11 is 0. The fourth-order valence-corrected chi connectivity index (χ4v) is 2.30. The average molecular weight is 307 g/mol. The Hall–Kier alpha value is -3.15. The molecule has 1 amide bonds. The zero-order chi connectivity index (χ0) is 16.4. The highest BCUT2D eigenvalue weighted by Gasteiger charge is 2.09. The number of amides is 1. The van der Waals surface area contributed by atoms with Crippen LogP contribution in [0.4, 0.5) is 17.5 Å². The number of fused-ring (bicyclic) bond motifs is 1. The minimum absolute atomic E-state index is 0.451. The van der Waals surface area contributed by atoms with Gasteiger partial charge in [-0.15, -0.1) is 0 Å². The SMILES string of the molecule is CN(C)c1nc(Nc2ccc(C(N)=O)cc2)nc2ccccc12. The van der Waals surface area contributed by atoms with E-state index in [1.807, 2.05) is 43.3 Å². The van der Waals surface area contributed by atoms with E-state index in [0.29, 0.717) is 11.5 Å². The monoisotopic (exact) mass is 307 g/mol. The first kappa shape index (κ1) is 14.8. The molecule has 3 N–H and O–H groups in total. The van der Waals surface area contributed by atoms with E-state index < -0.39 is 5.91 Å². The molecular weight excluding hydrogens is 290 g/mol. The van der Waals surface area contributed by atoms with Crippen LogP contribution in [0.5, 0.6) is 0 Å². The first-order chi connectivity index (χ1) is 11.0. The van der Waals surface area contributed by atoms with Crippen molar-refractivity contribution in [2.24, 2.45) is 5.73 Å². The van der Waals surface area contributed by atoms with Gasteiger partial charge < -0.3 is 16.0 Å². The lowest BCUT2D eigenvalue weighted by atomic mass is 10.2. The van der Waals surface area contributed by atoms with Gasteiger partial charge in [-0.25, -0.2) is 4.98 Å². The molecule has 0 saturated heterocycles. The van der Waals surface area contributed by atoms with Gasteiger partial charge >= 0.3 is 0 Å². The fraction of sp³-hybridized carbons (Fsp3) is 0.118. The number of nitrogens with zero attached hydrogens (tertiary/aromatic N) is 3. The Kier molecular flexibility index (Phi) is 3.80. The molecule has 0 unspecified atom stereocenters. The number of para-hydroxylation sites is 1. The molecule has 23 heavy (non-hydrogen) atoms. The van der Waals surface area contributed by atoms with Crippen molar-refractivity contribution in [1.29, 1.82) is 0 Å². The lowest BCUT2D eigenvalue weighted by molar-refractivity contribution is 0.100. The van der Waals surface area contributed by atoms with Crippen LogP contribution in [0.1, 0.15) is 10.4 Å². The number of carbonyl (C=O) groups is 1.